The molecule has 0 N–H and O–H groups in total. The third-order valence-electron chi connectivity index (χ3n) is 6.27. The van der Waals surface area contributed by atoms with E-state index < -0.39 is 8.07 Å². The van der Waals surface area contributed by atoms with Gasteiger partial charge in [0.15, 0.2) is 8.07 Å². The highest BCUT2D eigenvalue weighted by Gasteiger charge is 2.36. The van der Waals surface area contributed by atoms with Gasteiger partial charge in [0, 0.05) is 5.57 Å². The Morgan fingerprint density at radius 3 is 1.54 bits per heavy atom. The van der Waals surface area contributed by atoms with E-state index in [-0.39, 0.29) is 5.97 Å². The predicted octanol–water partition coefficient (Wildman–Crippen LogP) is 4.98. The van der Waals surface area contributed by atoms with Crippen molar-refractivity contribution in [3.05, 3.63) is 150 Å². The average molecular weight is 475 g/mol. The lowest BCUT2D eigenvalue weighted by molar-refractivity contribution is -0.136. The maximum Gasteiger partial charge on any atom is 0.333 e. The first-order valence-electron chi connectivity index (χ1n) is 11.9. The zero-order chi connectivity index (χ0) is 24.3. The first kappa shape index (κ1) is 24.2. The smallest absolute Gasteiger partial charge is 0.333 e. The Hall–Kier alpha value is -3.95. The minimum Gasteiger partial charge on any atom is -0.466 e. The van der Waals surface area contributed by atoms with Crippen LogP contribution in [0.3, 0.4) is 0 Å². The van der Waals surface area contributed by atoms with Crippen LogP contribution >= 0.6 is 0 Å². The van der Waals surface area contributed by atoms with E-state index in [2.05, 4.69) is 115 Å². The van der Waals surface area contributed by atoms with Gasteiger partial charge in [0.25, 0.3) is 0 Å². The molecule has 174 valence electrons. The molecule has 0 heterocycles. The summed E-state index contributed by atoms with van der Waals surface area (Å²) in [7, 11) is -1.04. The second-order valence-electron chi connectivity index (χ2n) is 8.42. The van der Waals surface area contributed by atoms with Crippen molar-refractivity contribution >= 4 is 29.6 Å². The van der Waals surface area contributed by atoms with E-state index in [1.807, 2.05) is 24.3 Å². The number of methoxy groups -OCH3 is 1. The SMILES string of the molecule is COC(=O)/C(=C/Cc1ccccc1)C/C=C/[Si](c1ccccc1)(c1ccccc1)c1ccccc1. The maximum atomic E-state index is 12.6. The average Bonchev–Trinajstić information content (AvgIpc) is 2.94. The first-order valence-corrected chi connectivity index (χ1v) is 14.0. The van der Waals surface area contributed by atoms with Crippen LogP contribution in [0.5, 0.6) is 0 Å². The number of allylic oxidation sites excluding steroid dienone is 2. The molecule has 2 nitrogen and oxygen atoms in total. The summed E-state index contributed by atoms with van der Waals surface area (Å²) in [6.07, 6.45) is 5.35. The van der Waals surface area contributed by atoms with Gasteiger partial charge in [-0.1, -0.05) is 139 Å². The summed E-state index contributed by atoms with van der Waals surface area (Å²) in [4.78, 5) is 12.6. The molecule has 0 spiro atoms. The van der Waals surface area contributed by atoms with Crippen molar-refractivity contribution in [1.29, 1.82) is 0 Å². The molecule has 0 amide bonds. The topological polar surface area (TPSA) is 26.3 Å². The van der Waals surface area contributed by atoms with Gasteiger partial charge in [0.1, 0.15) is 0 Å². The Kier molecular flexibility index (Phi) is 8.26. The van der Waals surface area contributed by atoms with Crippen molar-refractivity contribution in [2.45, 2.75) is 12.8 Å². The normalized spacial score (nSPS) is 12.0. The Balaban J connectivity index is 1.76. The molecule has 0 aliphatic rings. The third-order valence-corrected chi connectivity index (χ3v) is 10.7. The molecule has 35 heavy (non-hydrogen) atoms. The quantitative estimate of drug-likeness (QED) is 0.148. The standard InChI is InChI=1S/C32H30O2Si/c1-34-32(33)28(25-24-27-15-6-2-7-16-27)17-14-26-35(29-18-8-3-9-19-29,30-20-10-4-11-21-30)31-22-12-5-13-23-31/h2-16,18-23,25-26H,17,24H2,1H3/b26-14+,28-25+. The number of esters is 1. The highest BCUT2D eigenvalue weighted by molar-refractivity contribution is 7.14. The van der Waals surface area contributed by atoms with Crippen LogP contribution in [0.25, 0.3) is 0 Å². The third kappa shape index (κ3) is 5.76. The minimum atomic E-state index is -2.48. The monoisotopic (exact) mass is 474 g/mol. The Labute approximate surface area is 209 Å². The van der Waals surface area contributed by atoms with Crippen molar-refractivity contribution in [2.75, 3.05) is 7.11 Å². The van der Waals surface area contributed by atoms with Crippen LogP contribution in [0.1, 0.15) is 12.0 Å². The lowest BCUT2D eigenvalue weighted by atomic mass is 10.1. The summed E-state index contributed by atoms with van der Waals surface area (Å²) in [6, 6.07) is 42.3. The van der Waals surface area contributed by atoms with Crippen LogP contribution < -0.4 is 15.6 Å². The zero-order valence-corrected chi connectivity index (χ0v) is 21.0. The van der Waals surface area contributed by atoms with Crippen molar-refractivity contribution in [3.8, 4) is 0 Å². The van der Waals surface area contributed by atoms with Gasteiger partial charge >= 0.3 is 5.97 Å². The molecule has 0 aromatic heterocycles. The van der Waals surface area contributed by atoms with Gasteiger partial charge in [-0.3, -0.25) is 0 Å². The van der Waals surface area contributed by atoms with Gasteiger partial charge in [0.05, 0.1) is 7.11 Å². The molecule has 0 bridgehead atoms. The lowest BCUT2D eigenvalue weighted by Gasteiger charge is -2.30. The van der Waals surface area contributed by atoms with Crippen molar-refractivity contribution in [1.82, 2.24) is 0 Å². The summed E-state index contributed by atoms with van der Waals surface area (Å²) >= 11 is 0. The molecule has 0 unspecified atom stereocenters. The van der Waals surface area contributed by atoms with E-state index in [1.165, 1.54) is 28.2 Å². The maximum absolute atomic E-state index is 12.6. The number of hydrogen-bond donors (Lipinski definition) is 0. The molecule has 4 rings (SSSR count). The predicted molar refractivity (Wildman–Crippen MR) is 148 cm³/mol. The molecule has 0 aliphatic heterocycles. The number of benzene rings is 4. The largest absolute Gasteiger partial charge is 0.466 e. The summed E-state index contributed by atoms with van der Waals surface area (Å²) in [5.41, 5.74) is 4.20. The van der Waals surface area contributed by atoms with E-state index in [1.54, 1.807) is 0 Å². The molecule has 0 aliphatic carbocycles. The Bertz CT molecular complexity index is 1170. The van der Waals surface area contributed by atoms with E-state index in [0.29, 0.717) is 18.4 Å². The summed E-state index contributed by atoms with van der Waals surface area (Å²) in [5.74, 6) is -0.281. The van der Waals surface area contributed by atoms with E-state index in [0.717, 1.165) is 0 Å². The van der Waals surface area contributed by atoms with E-state index in [4.69, 9.17) is 4.74 Å². The van der Waals surface area contributed by atoms with Crippen molar-refractivity contribution < 1.29 is 9.53 Å². The van der Waals surface area contributed by atoms with E-state index >= 15 is 0 Å². The van der Waals surface area contributed by atoms with Crippen LogP contribution in [-0.2, 0) is 16.0 Å². The molecule has 0 atom stereocenters. The Morgan fingerprint density at radius 1 is 0.686 bits per heavy atom. The summed E-state index contributed by atoms with van der Waals surface area (Å²) in [5, 5.41) is 3.92. The van der Waals surface area contributed by atoms with Crippen LogP contribution in [0.2, 0.25) is 0 Å². The molecule has 0 saturated heterocycles. The van der Waals surface area contributed by atoms with Crippen LogP contribution in [-0.4, -0.2) is 21.2 Å². The first-order chi connectivity index (χ1) is 17.2. The second-order valence-corrected chi connectivity index (χ2v) is 12.1. The fraction of sp³-hybridized carbons (Fsp3) is 0.0938. The summed E-state index contributed by atoms with van der Waals surface area (Å²) in [6.45, 7) is 0. The fourth-order valence-corrected chi connectivity index (χ4v) is 8.69. The molecule has 0 fully saturated rings. The van der Waals surface area contributed by atoms with Crippen molar-refractivity contribution in [3.63, 3.8) is 0 Å². The van der Waals surface area contributed by atoms with Gasteiger partial charge < -0.3 is 4.74 Å². The minimum absolute atomic E-state index is 0.281. The molecule has 3 heteroatoms. The van der Waals surface area contributed by atoms with Crippen LogP contribution in [0, 0.1) is 0 Å². The highest BCUT2D eigenvalue weighted by Crippen LogP contribution is 2.14. The highest BCUT2D eigenvalue weighted by atomic mass is 28.3. The molecule has 4 aromatic rings. The number of carbonyl (C=O) groups excluding carboxylic acids is 1. The van der Waals surface area contributed by atoms with Gasteiger partial charge in [0.2, 0.25) is 0 Å². The van der Waals surface area contributed by atoms with Gasteiger partial charge in [-0.15, -0.1) is 0 Å². The van der Waals surface area contributed by atoms with Crippen LogP contribution in [0.4, 0.5) is 0 Å². The zero-order valence-electron chi connectivity index (χ0n) is 20.0. The van der Waals surface area contributed by atoms with Gasteiger partial charge in [-0.05, 0) is 34.0 Å². The lowest BCUT2D eigenvalue weighted by Crippen LogP contribution is -2.66. The number of hydrogen-bond acceptors (Lipinski definition) is 2. The van der Waals surface area contributed by atoms with Crippen molar-refractivity contribution in [2.24, 2.45) is 0 Å². The molecule has 4 aromatic carbocycles. The molecular weight excluding hydrogens is 444 g/mol. The second kappa shape index (κ2) is 12.0. The van der Waals surface area contributed by atoms with Gasteiger partial charge in [-0.2, -0.15) is 0 Å². The number of rotatable bonds is 9. The fourth-order valence-electron chi connectivity index (χ4n) is 4.49. The Morgan fingerprint density at radius 2 is 1.11 bits per heavy atom. The number of ether oxygens (including phenoxy) is 1. The number of carbonyl (C=O) groups is 1. The van der Waals surface area contributed by atoms with Gasteiger partial charge in [-0.25, -0.2) is 4.79 Å². The molecule has 0 saturated carbocycles. The molecule has 0 radical (unpaired) electrons. The molecular formula is C32H30O2Si. The summed E-state index contributed by atoms with van der Waals surface area (Å²) < 4.78 is 5.11. The van der Waals surface area contributed by atoms with Crippen LogP contribution in [0.15, 0.2) is 145 Å². The van der Waals surface area contributed by atoms with E-state index in [9.17, 15) is 4.79 Å².